The van der Waals surface area contributed by atoms with Crippen molar-refractivity contribution in [2.75, 3.05) is 13.7 Å². The lowest BCUT2D eigenvalue weighted by Gasteiger charge is -2.27. The number of aromatic hydroxyl groups is 1. The van der Waals surface area contributed by atoms with Crippen molar-refractivity contribution in [1.82, 2.24) is 0 Å². The van der Waals surface area contributed by atoms with E-state index in [1.807, 2.05) is 6.07 Å². The lowest BCUT2D eigenvalue weighted by Crippen LogP contribution is -2.34. The molecule has 2 rings (SSSR count). The number of phenols is 1. The summed E-state index contributed by atoms with van der Waals surface area (Å²) < 4.78 is 5.51. The van der Waals surface area contributed by atoms with Crippen LogP contribution in [0.4, 0.5) is 0 Å². The highest BCUT2D eigenvalue weighted by Crippen LogP contribution is 2.39. The summed E-state index contributed by atoms with van der Waals surface area (Å²) in [5.74, 6) is 0.313. The maximum atomic E-state index is 9.34. The molecule has 1 aromatic carbocycles. The van der Waals surface area contributed by atoms with Gasteiger partial charge in [0.2, 0.25) is 0 Å². The predicted octanol–water partition coefficient (Wildman–Crippen LogP) is 1.14. The molecule has 0 aliphatic heterocycles. The Labute approximate surface area is 83.5 Å². The highest BCUT2D eigenvalue weighted by molar-refractivity contribution is 5.42. The minimum Gasteiger partial charge on any atom is -0.508 e. The molecule has 0 aromatic heterocycles. The second-order valence-electron chi connectivity index (χ2n) is 3.74. The van der Waals surface area contributed by atoms with Crippen LogP contribution in [-0.2, 0) is 16.8 Å². The molecule has 0 fully saturated rings. The number of nitrogens with two attached hydrogens (primary N) is 1. The largest absolute Gasteiger partial charge is 0.508 e. The number of rotatable bonds is 2. The first-order valence-corrected chi connectivity index (χ1v) is 4.79. The van der Waals surface area contributed by atoms with Crippen LogP contribution >= 0.6 is 0 Å². The number of aryl methyl sites for hydroxylation is 1. The lowest BCUT2D eigenvalue weighted by molar-refractivity contribution is -0.00514. The van der Waals surface area contributed by atoms with Crippen molar-refractivity contribution < 1.29 is 9.84 Å². The van der Waals surface area contributed by atoms with Gasteiger partial charge in [-0.05, 0) is 36.1 Å². The van der Waals surface area contributed by atoms with Gasteiger partial charge in [-0.2, -0.15) is 0 Å². The Balaban J connectivity index is 2.48. The molecule has 1 aliphatic carbocycles. The summed E-state index contributed by atoms with van der Waals surface area (Å²) in [5.41, 5.74) is 7.69. The molecule has 1 unspecified atom stereocenters. The Kier molecular flexibility index (Phi) is 2.21. The number of benzene rings is 1. The number of hydrogen-bond donors (Lipinski definition) is 2. The molecule has 3 heteroatoms. The van der Waals surface area contributed by atoms with E-state index in [9.17, 15) is 5.11 Å². The molecule has 76 valence electrons. The Morgan fingerprint density at radius 1 is 1.57 bits per heavy atom. The molecule has 3 N–H and O–H groups in total. The smallest absolute Gasteiger partial charge is 0.115 e. The number of fused-ring (bicyclic) bond motifs is 1. The van der Waals surface area contributed by atoms with Gasteiger partial charge in [0.1, 0.15) is 11.4 Å². The van der Waals surface area contributed by atoms with E-state index in [1.54, 1.807) is 19.2 Å². The normalized spacial score (nSPS) is 25.0. The average Bonchev–Trinajstić information content (AvgIpc) is 2.56. The molecular formula is C11H15NO2. The van der Waals surface area contributed by atoms with Crippen molar-refractivity contribution in [3.8, 4) is 5.75 Å². The van der Waals surface area contributed by atoms with Crippen LogP contribution in [0.3, 0.4) is 0 Å². The molecule has 3 nitrogen and oxygen atoms in total. The van der Waals surface area contributed by atoms with Gasteiger partial charge in [0, 0.05) is 13.7 Å². The molecule has 0 saturated carbocycles. The molecular weight excluding hydrogens is 178 g/mol. The van der Waals surface area contributed by atoms with Gasteiger partial charge in [-0.1, -0.05) is 6.07 Å². The third kappa shape index (κ3) is 1.21. The lowest BCUT2D eigenvalue weighted by atomic mass is 9.96. The Morgan fingerprint density at radius 2 is 2.36 bits per heavy atom. The van der Waals surface area contributed by atoms with Crippen LogP contribution in [0.15, 0.2) is 18.2 Å². The van der Waals surface area contributed by atoms with Crippen molar-refractivity contribution in [2.45, 2.75) is 18.4 Å². The molecule has 14 heavy (non-hydrogen) atoms. The van der Waals surface area contributed by atoms with Crippen LogP contribution in [0.1, 0.15) is 17.5 Å². The summed E-state index contributed by atoms with van der Waals surface area (Å²) in [4.78, 5) is 0. The summed E-state index contributed by atoms with van der Waals surface area (Å²) in [6.45, 7) is 0.487. The first kappa shape index (κ1) is 9.49. The fourth-order valence-electron chi connectivity index (χ4n) is 2.21. The van der Waals surface area contributed by atoms with E-state index >= 15 is 0 Å². The minimum atomic E-state index is -0.330. The van der Waals surface area contributed by atoms with Crippen LogP contribution in [-0.4, -0.2) is 18.8 Å². The summed E-state index contributed by atoms with van der Waals surface area (Å²) in [6, 6.07) is 5.40. The SMILES string of the molecule is COC1(CN)CCc2cc(O)ccc21. The fraction of sp³-hybridized carbons (Fsp3) is 0.455. The van der Waals surface area contributed by atoms with Crippen LogP contribution in [0.25, 0.3) is 0 Å². The summed E-state index contributed by atoms with van der Waals surface area (Å²) in [6.07, 6.45) is 1.83. The zero-order valence-corrected chi connectivity index (χ0v) is 8.29. The molecule has 0 radical (unpaired) electrons. The van der Waals surface area contributed by atoms with Gasteiger partial charge in [-0.3, -0.25) is 0 Å². The monoisotopic (exact) mass is 193 g/mol. The zero-order valence-electron chi connectivity index (χ0n) is 8.29. The van der Waals surface area contributed by atoms with E-state index in [4.69, 9.17) is 10.5 Å². The third-order valence-corrected chi connectivity index (χ3v) is 3.10. The third-order valence-electron chi connectivity index (χ3n) is 3.10. The van der Waals surface area contributed by atoms with Gasteiger partial charge in [-0.15, -0.1) is 0 Å². The average molecular weight is 193 g/mol. The Hall–Kier alpha value is -1.06. The van der Waals surface area contributed by atoms with Crippen molar-refractivity contribution in [1.29, 1.82) is 0 Å². The Morgan fingerprint density at radius 3 is 3.00 bits per heavy atom. The number of ether oxygens (including phenoxy) is 1. The van der Waals surface area contributed by atoms with Crippen LogP contribution in [0.5, 0.6) is 5.75 Å². The van der Waals surface area contributed by atoms with E-state index < -0.39 is 0 Å². The number of phenolic OH excluding ortho intramolecular Hbond substituents is 1. The van der Waals surface area contributed by atoms with E-state index in [0.29, 0.717) is 12.3 Å². The van der Waals surface area contributed by atoms with Crippen LogP contribution in [0, 0.1) is 0 Å². The highest BCUT2D eigenvalue weighted by atomic mass is 16.5. The molecule has 1 atom stereocenters. The zero-order chi connectivity index (χ0) is 10.2. The van der Waals surface area contributed by atoms with Crippen molar-refractivity contribution in [3.63, 3.8) is 0 Å². The van der Waals surface area contributed by atoms with Gasteiger partial charge in [0.15, 0.2) is 0 Å². The van der Waals surface area contributed by atoms with E-state index in [1.165, 1.54) is 0 Å². The summed E-state index contributed by atoms with van der Waals surface area (Å²) >= 11 is 0. The predicted molar refractivity (Wildman–Crippen MR) is 54.2 cm³/mol. The molecule has 0 spiro atoms. The first-order chi connectivity index (χ1) is 6.72. The van der Waals surface area contributed by atoms with Crippen molar-refractivity contribution >= 4 is 0 Å². The minimum absolute atomic E-state index is 0.313. The van der Waals surface area contributed by atoms with Gasteiger partial charge >= 0.3 is 0 Å². The van der Waals surface area contributed by atoms with E-state index in [-0.39, 0.29) is 5.60 Å². The number of hydrogen-bond acceptors (Lipinski definition) is 3. The molecule has 1 aromatic rings. The first-order valence-electron chi connectivity index (χ1n) is 4.79. The topological polar surface area (TPSA) is 55.5 Å². The van der Waals surface area contributed by atoms with Crippen LogP contribution in [0.2, 0.25) is 0 Å². The maximum Gasteiger partial charge on any atom is 0.115 e. The molecule has 0 heterocycles. The maximum absolute atomic E-state index is 9.34. The summed E-state index contributed by atoms with van der Waals surface area (Å²) in [5, 5.41) is 9.34. The number of methoxy groups -OCH3 is 1. The summed E-state index contributed by atoms with van der Waals surface area (Å²) in [7, 11) is 1.69. The highest BCUT2D eigenvalue weighted by Gasteiger charge is 2.37. The van der Waals surface area contributed by atoms with Gasteiger partial charge < -0.3 is 15.6 Å². The Bertz CT molecular complexity index is 345. The standard InChI is InChI=1S/C11H15NO2/c1-14-11(7-12)5-4-8-6-9(13)2-3-10(8)11/h2-3,6,13H,4-5,7,12H2,1H3. The van der Waals surface area contributed by atoms with Gasteiger partial charge in [0.05, 0.1) is 0 Å². The van der Waals surface area contributed by atoms with Crippen molar-refractivity contribution in [3.05, 3.63) is 29.3 Å². The second-order valence-corrected chi connectivity index (χ2v) is 3.74. The molecule has 0 saturated heterocycles. The fourth-order valence-corrected chi connectivity index (χ4v) is 2.21. The van der Waals surface area contributed by atoms with Crippen molar-refractivity contribution in [2.24, 2.45) is 5.73 Å². The quantitative estimate of drug-likeness (QED) is 0.740. The molecule has 1 aliphatic rings. The van der Waals surface area contributed by atoms with Gasteiger partial charge in [-0.25, -0.2) is 0 Å². The van der Waals surface area contributed by atoms with E-state index in [2.05, 4.69) is 0 Å². The van der Waals surface area contributed by atoms with Gasteiger partial charge in [0.25, 0.3) is 0 Å². The van der Waals surface area contributed by atoms with E-state index in [0.717, 1.165) is 24.0 Å². The molecule has 0 bridgehead atoms. The molecule has 0 amide bonds. The second kappa shape index (κ2) is 3.26. The van der Waals surface area contributed by atoms with Crippen LogP contribution < -0.4 is 5.73 Å².